The maximum absolute atomic E-state index is 12.0. The lowest BCUT2D eigenvalue weighted by atomic mass is 10.0. The van der Waals surface area contributed by atoms with Crippen molar-refractivity contribution in [2.45, 2.75) is 25.7 Å². The summed E-state index contributed by atoms with van der Waals surface area (Å²) in [4.78, 5) is 23.4. The fourth-order valence-electron chi connectivity index (χ4n) is 2.63. The van der Waals surface area contributed by atoms with Crippen LogP contribution in [0.3, 0.4) is 0 Å². The average Bonchev–Trinajstić information content (AvgIpc) is 3.22. The lowest BCUT2D eigenvalue weighted by Gasteiger charge is -2.14. The van der Waals surface area contributed by atoms with E-state index < -0.39 is 0 Å². The van der Waals surface area contributed by atoms with E-state index in [4.69, 9.17) is 0 Å². The van der Waals surface area contributed by atoms with E-state index in [0.29, 0.717) is 11.0 Å². The number of amides is 1. The fraction of sp³-hybridized carbons (Fsp3) is 0.571. The lowest BCUT2D eigenvalue weighted by molar-refractivity contribution is 0.0942. The summed E-state index contributed by atoms with van der Waals surface area (Å²) in [5.74, 6) is 0.709. The highest BCUT2D eigenvalue weighted by atomic mass is 16.2. The predicted molar refractivity (Wildman–Crippen MR) is 68.4 cm³/mol. The van der Waals surface area contributed by atoms with Gasteiger partial charge >= 0.3 is 0 Å². The molecule has 1 aromatic rings. The van der Waals surface area contributed by atoms with E-state index in [9.17, 15) is 9.59 Å². The van der Waals surface area contributed by atoms with Gasteiger partial charge in [-0.2, -0.15) is 0 Å². The molecule has 0 spiro atoms. The van der Waals surface area contributed by atoms with E-state index >= 15 is 0 Å². The highest BCUT2D eigenvalue weighted by Gasteiger charge is 2.53. The Balaban J connectivity index is 1.64. The number of nitrogens with one attached hydrogen (secondary N) is 1. The van der Waals surface area contributed by atoms with Gasteiger partial charge in [0.25, 0.3) is 11.5 Å². The molecule has 0 unspecified atom stereocenters. The molecule has 1 aromatic heterocycles. The second-order valence-electron chi connectivity index (χ2n) is 5.68. The first-order chi connectivity index (χ1) is 8.61. The summed E-state index contributed by atoms with van der Waals surface area (Å²) in [5, 5.41) is 2.98. The van der Waals surface area contributed by atoms with Crippen molar-refractivity contribution in [3.63, 3.8) is 0 Å². The Morgan fingerprint density at radius 2 is 2.22 bits per heavy atom. The van der Waals surface area contributed by atoms with Crippen LogP contribution in [0.1, 0.15) is 36.0 Å². The second-order valence-corrected chi connectivity index (χ2v) is 5.68. The van der Waals surface area contributed by atoms with Crippen molar-refractivity contribution < 1.29 is 4.79 Å². The zero-order chi connectivity index (χ0) is 12.8. The van der Waals surface area contributed by atoms with Crippen LogP contribution in [0.5, 0.6) is 0 Å². The van der Waals surface area contributed by atoms with Gasteiger partial charge in [-0.1, -0.05) is 0 Å². The van der Waals surface area contributed by atoms with Crippen LogP contribution in [0, 0.1) is 11.3 Å². The third kappa shape index (κ3) is 2.07. The Hall–Kier alpha value is -1.58. The molecule has 2 aliphatic carbocycles. The molecule has 0 bridgehead atoms. The van der Waals surface area contributed by atoms with E-state index in [2.05, 4.69) is 5.32 Å². The maximum atomic E-state index is 12.0. The molecule has 1 N–H and O–H groups in total. The molecular weight excluding hydrogens is 228 g/mol. The topological polar surface area (TPSA) is 51.1 Å². The van der Waals surface area contributed by atoms with Crippen LogP contribution in [-0.4, -0.2) is 17.0 Å². The zero-order valence-corrected chi connectivity index (χ0v) is 10.6. The van der Waals surface area contributed by atoms with Crippen LogP contribution in [0.25, 0.3) is 0 Å². The molecule has 96 valence electrons. The average molecular weight is 246 g/mol. The predicted octanol–water partition coefficient (Wildman–Crippen LogP) is 1.31. The van der Waals surface area contributed by atoms with Gasteiger partial charge in [0.1, 0.15) is 0 Å². The number of carbonyl (C=O) groups is 1. The zero-order valence-electron chi connectivity index (χ0n) is 10.6. The van der Waals surface area contributed by atoms with Crippen molar-refractivity contribution in [3.05, 3.63) is 34.2 Å². The van der Waals surface area contributed by atoms with Crippen molar-refractivity contribution in [2.75, 3.05) is 6.54 Å². The van der Waals surface area contributed by atoms with E-state index in [-0.39, 0.29) is 11.5 Å². The molecular formula is C14H18N2O2. The minimum absolute atomic E-state index is 0.125. The fourth-order valence-corrected chi connectivity index (χ4v) is 2.63. The van der Waals surface area contributed by atoms with E-state index in [1.807, 2.05) is 0 Å². The van der Waals surface area contributed by atoms with Gasteiger partial charge in [-0.3, -0.25) is 9.59 Å². The Kier molecular flexibility index (Phi) is 2.54. The first kappa shape index (κ1) is 11.5. The number of hydrogen-bond donors (Lipinski definition) is 1. The van der Waals surface area contributed by atoms with Gasteiger partial charge in [0.15, 0.2) is 0 Å². The van der Waals surface area contributed by atoms with Gasteiger partial charge in [0.2, 0.25) is 0 Å². The summed E-state index contributed by atoms with van der Waals surface area (Å²) < 4.78 is 1.46. The largest absolute Gasteiger partial charge is 0.351 e. The third-order valence-corrected chi connectivity index (χ3v) is 4.30. The van der Waals surface area contributed by atoms with Gasteiger partial charge in [0, 0.05) is 31.4 Å². The standard InChI is InChI=1S/C14H18N2O2/c1-16-7-4-10(8-12(16)17)13(18)15-9-14(5-6-14)11-2-3-11/h4,7-8,11H,2-3,5-6,9H2,1H3,(H,15,18). The number of carbonyl (C=O) groups excluding carboxylic acids is 1. The number of pyridine rings is 1. The van der Waals surface area contributed by atoms with Crippen LogP contribution in [0.2, 0.25) is 0 Å². The van der Waals surface area contributed by atoms with Crippen LogP contribution >= 0.6 is 0 Å². The van der Waals surface area contributed by atoms with Crippen molar-refractivity contribution in [2.24, 2.45) is 18.4 Å². The SMILES string of the molecule is Cn1ccc(C(=O)NCC2(C3CC3)CC2)cc1=O. The first-order valence-corrected chi connectivity index (χ1v) is 6.56. The molecule has 1 amide bonds. The van der Waals surface area contributed by atoms with Crippen molar-refractivity contribution in [1.82, 2.24) is 9.88 Å². The molecule has 4 nitrogen and oxygen atoms in total. The highest BCUT2D eigenvalue weighted by molar-refractivity contribution is 5.94. The molecule has 2 fully saturated rings. The maximum Gasteiger partial charge on any atom is 0.251 e. The Morgan fingerprint density at radius 3 is 2.78 bits per heavy atom. The van der Waals surface area contributed by atoms with E-state index in [1.165, 1.54) is 36.3 Å². The van der Waals surface area contributed by atoms with E-state index in [0.717, 1.165) is 12.5 Å². The molecule has 0 aliphatic heterocycles. The molecule has 0 atom stereocenters. The number of hydrogen-bond acceptors (Lipinski definition) is 2. The van der Waals surface area contributed by atoms with Gasteiger partial charge in [-0.25, -0.2) is 0 Å². The van der Waals surface area contributed by atoms with Crippen LogP contribution in [0.15, 0.2) is 23.1 Å². The summed E-state index contributed by atoms with van der Waals surface area (Å²) in [5.41, 5.74) is 0.714. The summed E-state index contributed by atoms with van der Waals surface area (Å²) in [7, 11) is 1.68. The number of aromatic nitrogens is 1. The second kappa shape index (κ2) is 3.97. The molecule has 0 aromatic carbocycles. The molecule has 18 heavy (non-hydrogen) atoms. The molecule has 0 saturated heterocycles. The van der Waals surface area contributed by atoms with Crippen molar-refractivity contribution in [3.8, 4) is 0 Å². The van der Waals surface area contributed by atoms with Gasteiger partial charge in [-0.05, 0) is 43.1 Å². The molecule has 1 heterocycles. The normalized spacial score (nSPS) is 20.5. The quantitative estimate of drug-likeness (QED) is 0.870. The molecule has 2 aliphatic rings. The summed E-state index contributed by atoms with van der Waals surface area (Å²) >= 11 is 0. The highest BCUT2D eigenvalue weighted by Crippen LogP contribution is 2.60. The smallest absolute Gasteiger partial charge is 0.251 e. The van der Waals surface area contributed by atoms with Crippen molar-refractivity contribution >= 4 is 5.91 Å². The third-order valence-electron chi connectivity index (χ3n) is 4.30. The molecule has 3 rings (SSSR count). The van der Waals surface area contributed by atoms with Crippen LogP contribution in [0.4, 0.5) is 0 Å². The van der Waals surface area contributed by atoms with Crippen LogP contribution < -0.4 is 10.9 Å². The number of aryl methyl sites for hydroxylation is 1. The summed E-state index contributed by atoms with van der Waals surface area (Å²) in [6.07, 6.45) is 6.76. The van der Waals surface area contributed by atoms with Gasteiger partial charge in [0.05, 0.1) is 0 Å². The van der Waals surface area contributed by atoms with Gasteiger partial charge in [-0.15, -0.1) is 0 Å². The summed E-state index contributed by atoms with van der Waals surface area (Å²) in [6, 6.07) is 3.08. The molecule has 2 saturated carbocycles. The molecule has 4 heteroatoms. The van der Waals surface area contributed by atoms with E-state index in [1.54, 1.807) is 19.3 Å². The minimum Gasteiger partial charge on any atom is -0.351 e. The monoisotopic (exact) mass is 246 g/mol. The van der Waals surface area contributed by atoms with Gasteiger partial charge < -0.3 is 9.88 Å². The Labute approximate surface area is 106 Å². The number of nitrogens with zero attached hydrogens (tertiary/aromatic N) is 1. The first-order valence-electron chi connectivity index (χ1n) is 6.56. The lowest BCUT2D eigenvalue weighted by Crippen LogP contribution is -2.32. The Morgan fingerprint density at radius 1 is 1.50 bits per heavy atom. The minimum atomic E-state index is -0.147. The van der Waals surface area contributed by atoms with Crippen LogP contribution in [-0.2, 0) is 7.05 Å². The number of rotatable bonds is 4. The van der Waals surface area contributed by atoms with Crippen molar-refractivity contribution in [1.29, 1.82) is 0 Å². The summed E-state index contributed by atoms with van der Waals surface area (Å²) in [6.45, 7) is 0.770. The Bertz CT molecular complexity index is 539. The molecule has 0 radical (unpaired) electrons.